The largest absolute Gasteiger partial charge is 0.392 e. The van der Waals surface area contributed by atoms with Gasteiger partial charge >= 0.3 is 0 Å². The molecule has 1 nitrogen and oxygen atoms in total. The molecule has 0 aromatic heterocycles. The van der Waals surface area contributed by atoms with Gasteiger partial charge in [0.25, 0.3) is 0 Å². The zero-order valence-corrected chi connectivity index (χ0v) is 8.53. The van der Waals surface area contributed by atoms with E-state index in [1.807, 2.05) is 18.2 Å². The minimum atomic E-state index is 0.0556. The van der Waals surface area contributed by atoms with Crippen molar-refractivity contribution >= 4 is 5.57 Å². The Morgan fingerprint density at radius 2 is 2.07 bits per heavy atom. The highest BCUT2D eigenvalue weighted by atomic mass is 16.2. The molecule has 74 valence electrons. The Morgan fingerprint density at radius 1 is 1.36 bits per heavy atom. The molecule has 1 aromatic rings. The molecular formula is C13H16O. The number of rotatable bonds is 4. The number of hydrogen-bond acceptors (Lipinski definition) is 1. The van der Waals surface area contributed by atoms with Gasteiger partial charge < -0.3 is 5.11 Å². The predicted molar refractivity (Wildman–Crippen MR) is 59.9 cm³/mol. The van der Waals surface area contributed by atoms with E-state index < -0.39 is 0 Å². The van der Waals surface area contributed by atoms with Gasteiger partial charge in [0.05, 0.1) is 6.61 Å². The molecule has 0 saturated carbocycles. The van der Waals surface area contributed by atoms with Crippen LogP contribution >= 0.6 is 0 Å². The van der Waals surface area contributed by atoms with Crippen LogP contribution in [0.5, 0.6) is 0 Å². The van der Waals surface area contributed by atoms with Crippen LogP contribution in [0.15, 0.2) is 42.1 Å². The zero-order chi connectivity index (χ0) is 10.2. The van der Waals surface area contributed by atoms with Gasteiger partial charge in [0.1, 0.15) is 0 Å². The molecular weight excluding hydrogens is 172 g/mol. The van der Waals surface area contributed by atoms with Gasteiger partial charge in [-0.15, -0.1) is 5.73 Å². The van der Waals surface area contributed by atoms with Crippen molar-refractivity contribution in [1.29, 1.82) is 0 Å². The first-order valence-corrected chi connectivity index (χ1v) is 4.98. The summed E-state index contributed by atoms with van der Waals surface area (Å²) in [6.45, 7) is 2.20. The van der Waals surface area contributed by atoms with Crippen molar-refractivity contribution in [1.82, 2.24) is 0 Å². The summed E-state index contributed by atoms with van der Waals surface area (Å²) in [7, 11) is 0. The minimum Gasteiger partial charge on any atom is -0.392 e. The summed E-state index contributed by atoms with van der Waals surface area (Å²) >= 11 is 0. The van der Waals surface area contributed by atoms with Crippen molar-refractivity contribution < 1.29 is 5.11 Å². The van der Waals surface area contributed by atoms with Crippen LogP contribution in [-0.2, 0) is 0 Å². The van der Waals surface area contributed by atoms with Gasteiger partial charge in [0.2, 0.25) is 0 Å². The Kier molecular flexibility index (Phi) is 4.77. The van der Waals surface area contributed by atoms with E-state index in [9.17, 15) is 0 Å². The van der Waals surface area contributed by atoms with E-state index in [4.69, 9.17) is 5.11 Å². The fraction of sp³-hybridized carbons (Fsp3) is 0.308. The highest BCUT2D eigenvalue weighted by Crippen LogP contribution is 2.17. The smallest absolute Gasteiger partial charge is 0.0686 e. The van der Waals surface area contributed by atoms with Crippen LogP contribution in [0.2, 0.25) is 0 Å². The summed E-state index contributed by atoms with van der Waals surface area (Å²) < 4.78 is 0. The highest BCUT2D eigenvalue weighted by Gasteiger charge is 1.97. The third kappa shape index (κ3) is 3.21. The third-order valence-electron chi connectivity index (χ3n) is 1.99. The third-order valence-corrected chi connectivity index (χ3v) is 1.99. The van der Waals surface area contributed by atoms with Crippen molar-refractivity contribution in [3.8, 4) is 0 Å². The minimum absolute atomic E-state index is 0.0556. The first-order chi connectivity index (χ1) is 6.88. The van der Waals surface area contributed by atoms with Crippen LogP contribution in [-0.4, -0.2) is 11.7 Å². The van der Waals surface area contributed by atoms with E-state index in [1.54, 1.807) is 6.08 Å². The van der Waals surface area contributed by atoms with Gasteiger partial charge in [-0.1, -0.05) is 43.7 Å². The summed E-state index contributed by atoms with van der Waals surface area (Å²) in [5, 5.41) is 8.70. The lowest BCUT2D eigenvalue weighted by Gasteiger charge is -2.02. The maximum atomic E-state index is 8.70. The van der Waals surface area contributed by atoms with Gasteiger partial charge in [-0.3, -0.25) is 0 Å². The second-order valence-corrected chi connectivity index (χ2v) is 3.13. The normalized spacial score (nSPS) is 9.29. The summed E-state index contributed by atoms with van der Waals surface area (Å²) in [5.74, 6) is 0. The second-order valence-electron chi connectivity index (χ2n) is 3.13. The molecule has 1 aromatic carbocycles. The molecule has 0 amide bonds. The molecule has 1 rings (SSSR count). The number of aliphatic hydroxyl groups is 1. The first kappa shape index (κ1) is 10.8. The van der Waals surface area contributed by atoms with Gasteiger partial charge in [0, 0.05) is 5.57 Å². The Bertz CT molecular complexity index is 318. The van der Waals surface area contributed by atoms with E-state index in [2.05, 4.69) is 24.8 Å². The lowest BCUT2D eigenvalue weighted by Crippen LogP contribution is -1.82. The maximum absolute atomic E-state index is 8.70. The molecule has 0 aliphatic carbocycles. The predicted octanol–water partition coefficient (Wildman–Crippen LogP) is 3.02. The van der Waals surface area contributed by atoms with E-state index >= 15 is 0 Å². The molecule has 14 heavy (non-hydrogen) atoms. The van der Waals surface area contributed by atoms with Crippen molar-refractivity contribution in [3.05, 3.63) is 47.7 Å². The quantitative estimate of drug-likeness (QED) is 0.720. The maximum Gasteiger partial charge on any atom is 0.0686 e. The van der Waals surface area contributed by atoms with Crippen molar-refractivity contribution in [3.63, 3.8) is 0 Å². The summed E-state index contributed by atoms with van der Waals surface area (Å²) in [6, 6.07) is 10.2. The molecule has 0 heterocycles. The topological polar surface area (TPSA) is 20.2 Å². The van der Waals surface area contributed by atoms with Gasteiger partial charge in [-0.2, -0.15) is 0 Å². The molecule has 0 aliphatic rings. The SMILES string of the molecule is CCCC(=C=CCO)c1ccccc1. The van der Waals surface area contributed by atoms with Crippen LogP contribution in [0.1, 0.15) is 25.3 Å². The van der Waals surface area contributed by atoms with E-state index in [0.29, 0.717) is 0 Å². The lowest BCUT2D eigenvalue weighted by atomic mass is 10.0. The lowest BCUT2D eigenvalue weighted by molar-refractivity contribution is 0.343. The highest BCUT2D eigenvalue weighted by molar-refractivity contribution is 5.64. The first-order valence-electron chi connectivity index (χ1n) is 4.98. The summed E-state index contributed by atoms with van der Waals surface area (Å²) in [6.07, 6.45) is 3.76. The molecule has 0 radical (unpaired) electrons. The second kappa shape index (κ2) is 6.20. The summed E-state index contributed by atoms with van der Waals surface area (Å²) in [5.41, 5.74) is 5.49. The molecule has 0 saturated heterocycles. The molecule has 1 heteroatoms. The average molecular weight is 188 g/mol. The fourth-order valence-corrected chi connectivity index (χ4v) is 1.36. The van der Waals surface area contributed by atoms with Crippen molar-refractivity contribution in [2.24, 2.45) is 0 Å². The van der Waals surface area contributed by atoms with Gasteiger partial charge in [-0.05, 0) is 18.1 Å². The zero-order valence-electron chi connectivity index (χ0n) is 8.53. The Hall–Kier alpha value is -1.30. The van der Waals surface area contributed by atoms with Gasteiger partial charge in [0.15, 0.2) is 0 Å². The number of hydrogen-bond donors (Lipinski definition) is 1. The van der Waals surface area contributed by atoms with Crippen LogP contribution in [0.4, 0.5) is 0 Å². The van der Waals surface area contributed by atoms with E-state index in [1.165, 1.54) is 11.1 Å². The standard InChI is InChI=1S/C13H16O/c1-2-7-12(10-6-11-14)13-8-4-3-5-9-13/h3-6,8-9,14H,2,7,11H2,1H3. The number of aliphatic hydroxyl groups excluding tert-OH is 1. The van der Waals surface area contributed by atoms with Crippen LogP contribution in [0.3, 0.4) is 0 Å². The molecule has 0 atom stereocenters. The molecule has 0 fully saturated rings. The fourth-order valence-electron chi connectivity index (χ4n) is 1.36. The molecule has 0 aliphatic heterocycles. The van der Waals surface area contributed by atoms with Crippen molar-refractivity contribution in [2.75, 3.05) is 6.61 Å². The van der Waals surface area contributed by atoms with E-state index in [-0.39, 0.29) is 6.61 Å². The Morgan fingerprint density at radius 3 is 2.64 bits per heavy atom. The van der Waals surface area contributed by atoms with Crippen LogP contribution < -0.4 is 0 Å². The molecule has 1 N–H and O–H groups in total. The Balaban J connectivity index is 2.95. The summed E-state index contributed by atoms with van der Waals surface area (Å²) in [4.78, 5) is 0. The van der Waals surface area contributed by atoms with Crippen LogP contribution in [0.25, 0.3) is 5.57 Å². The molecule has 0 bridgehead atoms. The Labute approximate surface area is 85.4 Å². The average Bonchev–Trinajstić information content (AvgIpc) is 2.25. The van der Waals surface area contributed by atoms with E-state index in [0.717, 1.165) is 12.8 Å². The van der Waals surface area contributed by atoms with Gasteiger partial charge in [-0.25, -0.2) is 0 Å². The van der Waals surface area contributed by atoms with Crippen molar-refractivity contribution in [2.45, 2.75) is 19.8 Å². The monoisotopic (exact) mass is 188 g/mol. The number of benzene rings is 1. The molecule has 0 unspecified atom stereocenters. The molecule has 0 spiro atoms. The van der Waals surface area contributed by atoms with Crippen LogP contribution in [0, 0.1) is 0 Å².